The predicted octanol–water partition coefficient (Wildman–Crippen LogP) is -0.149. The summed E-state index contributed by atoms with van der Waals surface area (Å²) in [6.45, 7) is 3.53. The van der Waals surface area contributed by atoms with Crippen LogP contribution in [0.25, 0.3) is 5.65 Å². The molecule has 24 heavy (non-hydrogen) atoms. The van der Waals surface area contributed by atoms with Crippen molar-refractivity contribution in [2.75, 3.05) is 29.9 Å². The van der Waals surface area contributed by atoms with Gasteiger partial charge in [-0.1, -0.05) is 0 Å². The first-order valence-corrected chi connectivity index (χ1v) is 7.72. The van der Waals surface area contributed by atoms with E-state index in [-0.39, 0.29) is 5.56 Å². The number of anilines is 2. The third-order valence-corrected chi connectivity index (χ3v) is 4.46. The molecule has 9 heteroatoms. The van der Waals surface area contributed by atoms with E-state index in [1.807, 2.05) is 31.0 Å². The van der Waals surface area contributed by atoms with Gasteiger partial charge in [0, 0.05) is 33.3 Å². The van der Waals surface area contributed by atoms with Crippen LogP contribution < -0.4 is 15.4 Å². The summed E-state index contributed by atoms with van der Waals surface area (Å²) in [5.41, 5.74) is 0.688. The van der Waals surface area contributed by atoms with Gasteiger partial charge in [-0.3, -0.25) is 4.79 Å². The second-order valence-corrected chi connectivity index (χ2v) is 6.07. The van der Waals surface area contributed by atoms with Gasteiger partial charge >= 0.3 is 0 Å². The largest absolute Gasteiger partial charge is 0.353 e. The Morgan fingerprint density at radius 1 is 1.25 bits per heavy atom. The van der Waals surface area contributed by atoms with Crippen molar-refractivity contribution < 1.29 is 0 Å². The van der Waals surface area contributed by atoms with Crippen molar-refractivity contribution in [1.29, 1.82) is 0 Å². The maximum Gasteiger partial charge on any atom is 0.255 e. The topological polar surface area (TPSA) is 84.5 Å². The molecule has 0 aliphatic carbocycles. The van der Waals surface area contributed by atoms with Crippen molar-refractivity contribution in [3.63, 3.8) is 0 Å². The van der Waals surface area contributed by atoms with E-state index in [9.17, 15) is 4.79 Å². The summed E-state index contributed by atoms with van der Waals surface area (Å²) in [6, 6.07) is 5.73. The smallest absolute Gasteiger partial charge is 0.255 e. The maximum atomic E-state index is 11.8. The van der Waals surface area contributed by atoms with Gasteiger partial charge in [-0.05, 0) is 19.1 Å². The molecule has 0 saturated carbocycles. The lowest BCUT2D eigenvalue weighted by molar-refractivity contribution is 0.486. The molecule has 1 aliphatic heterocycles. The van der Waals surface area contributed by atoms with Crippen molar-refractivity contribution in [3.05, 3.63) is 40.7 Å². The third kappa shape index (κ3) is 2.29. The average molecular weight is 326 g/mol. The normalized spacial score (nSPS) is 14.9. The molecule has 4 heterocycles. The summed E-state index contributed by atoms with van der Waals surface area (Å²) in [5, 5.41) is 12.6. The highest BCUT2D eigenvalue weighted by molar-refractivity contribution is 5.50. The maximum absolute atomic E-state index is 11.8. The Hall–Kier alpha value is -2.97. The number of hydrogen-bond donors (Lipinski definition) is 0. The molecule has 0 spiro atoms. The first-order chi connectivity index (χ1) is 11.5. The fourth-order valence-corrected chi connectivity index (χ4v) is 2.77. The highest BCUT2D eigenvalue weighted by Gasteiger charge is 2.32. The van der Waals surface area contributed by atoms with E-state index >= 15 is 0 Å². The average Bonchev–Trinajstić information content (AvgIpc) is 2.89. The summed E-state index contributed by atoms with van der Waals surface area (Å²) in [7, 11) is 3.66. The summed E-state index contributed by atoms with van der Waals surface area (Å²) < 4.78 is 3.21. The molecule has 0 radical (unpaired) electrons. The molecule has 3 aromatic rings. The number of fused-ring (bicyclic) bond motifs is 1. The monoisotopic (exact) mass is 326 g/mol. The number of likely N-dealkylation sites (N-methyl/N-ethyl adjacent to an activating group) is 1. The zero-order chi connectivity index (χ0) is 16.8. The molecule has 0 amide bonds. The van der Waals surface area contributed by atoms with Crippen molar-refractivity contribution in [1.82, 2.24) is 29.4 Å². The van der Waals surface area contributed by atoms with Gasteiger partial charge in [0.2, 0.25) is 0 Å². The summed E-state index contributed by atoms with van der Waals surface area (Å²) in [5.74, 6) is 2.36. The fourth-order valence-electron chi connectivity index (χ4n) is 2.77. The van der Waals surface area contributed by atoms with Gasteiger partial charge in [0.1, 0.15) is 11.6 Å². The van der Waals surface area contributed by atoms with E-state index < -0.39 is 0 Å². The SMILES string of the molecule is Cc1nnc2ccc(N3CC(N(C)c4cc(=O)n(C)cn4)C3)nn12. The molecule has 0 unspecified atom stereocenters. The zero-order valence-electron chi connectivity index (χ0n) is 13.8. The van der Waals surface area contributed by atoms with Crippen LogP contribution in [0, 0.1) is 6.92 Å². The minimum atomic E-state index is -0.0572. The molecular formula is C15H18N8O. The Kier molecular flexibility index (Phi) is 3.22. The van der Waals surface area contributed by atoms with Crippen LogP contribution in [0.5, 0.6) is 0 Å². The highest BCUT2D eigenvalue weighted by Crippen LogP contribution is 2.23. The standard InChI is InChI=1S/C15H18N8O/c1-10-17-18-12-4-5-13(19-23(10)12)22-7-11(8-22)21(3)14-6-15(24)20(2)9-16-14/h4-6,9,11H,7-8H2,1-3H3. The Morgan fingerprint density at radius 2 is 2.04 bits per heavy atom. The van der Waals surface area contributed by atoms with E-state index in [0.717, 1.165) is 30.4 Å². The van der Waals surface area contributed by atoms with Crippen LogP contribution in [-0.2, 0) is 7.05 Å². The summed E-state index contributed by atoms with van der Waals surface area (Å²) in [4.78, 5) is 20.3. The zero-order valence-corrected chi connectivity index (χ0v) is 13.8. The molecule has 0 N–H and O–H groups in total. The van der Waals surface area contributed by atoms with E-state index in [4.69, 9.17) is 0 Å². The minimum Gasteiger partial charge on any atom is -0.353 e. The molecule has 124 valence electrons. The first-order valence-electron chi connectivity index (χ1n) is 7.72. The lowest BCUT2D eigenvalue weighted by atomic mass is 10.1. The molecule has 0 bridgehead atoms. The quantitative estimate of drug-likeness (QED) is 0.662. The Labute approximate surface area is 138 Å². The van der Waals surface area contributed by atoms with Crippen LogP contribution in [-0.4, -0.2) is 55.5 Å². The van der Waals surface area contributed by atoms with Crippen molar-refractivity contribution in [3.8, 4) is 0 Å². The lowest BCUT2D eigenvalue weighted by Crippen LogP contribution is -2.59. The van der Waals surface area contributed by atoms with Crippen LogP contribution >= 0.6 is 0 Å². The van der Waals surface area contributed by atoms with E-state index in [2.05, 4.69) is 25.2 Å². The van der Waals surface area contributed by atoms with Crippen molar-refractivity contribution >= 4 is 17.3 Å². The van der Waals surface area contributed by atoms with Crippen molar-refractivity contribution in [2.24, 2.45) is 7.05 Å². The van der Waals surface area contributed by atoms with Crippen molar-refractivity contribution in [2.45, 2.75) is 13.0 Å². The van der Waals surface area contributed by atoms with Crippen LogP contribution in [0.1, 0.15) is 5.82 Å². The van der Waals surface area contributed by atoms with Gasteiger partial charge in [-0.25, -0.2) is 4.98 Å². The lowest BCUT2D eigenvalue weighted by Gasteiger charge is -2.44. The Morgan fingerprint density at radius 3 is 2.79 bits per heavy atom. The Bertz CT molecular complexity index is 956. The number of hydrogen-bond acceptors (Lipinski definition) is 7. The molecule has 9 nitrogen and oxygen atoms in total. The predicted molar refractivity (Wildman–Crippen MR) is 89.4 cm³/mol. The van der Waals surface area contributed by atoms with Gasteiger partial charge in [0.15, 0.2) is 11.5 Å². The molecule has 1 fully saturated rings. The molecular weight excluding hydrogens is 308 g/mol. The molecule has 1 aliphatic rings. The van der Waals surface area contributed by atoms with Crippen LogP contribution in [0.3, 0.4) is 0 Å². The molecule has 0 atom stereocenters. The van der Waals surface area contributed by atoms with E-state index in [0.29, 0.717) is 11.9 Å². The number of rotatable bonds is 3. The second-order valence-electron chi connectivity index (χ2n) is 6.07. The summed E-state index contributed by atoms with van der Waals surface area (Å²) >= 11 is 0. The second kappa shape index (κ2) is 5.29. The van der Waals surface area contributed by atoms with Crippen LogP contribution in [0.2, 0.25) is 0 Å². The number of nitrogens with zero attached hydrogens (tertiary/aromatic N) is 8. The van der Waals surface area contributed by atoms with Gasteiger partial charge in [0.25, 0.3) is 5.56 Å². The van der Waals surface area contributed by atoms with Gasteiger partial charge in [0.05, 0.1) is 12.4 Å². The van der Waals surface area contributed by atoms with Gasteiger partial charge in [-0.15, -0.1) is 15.3 Å². The fraction of sp³-hybridized carbons (Fsp3) is 0.400. The molecule has 4 rings (SSSR count). The van der Waals surface area contributed by atoms with E-state index in [1.54, 1.807) is 24.0 Å². The molecule has 0 aromatic carbocycles. The van der Waals surface area contributed by atoms with Crippen LogP contribution in [0.4, 0.5) is 11.6 Å². The van der Waals surface area contributed by atoms with Gasteiger partial charge < -0.3 is 14.4 Å². The number of aromatic nitrogens is 6. The summed E-state index contributed by atoms with van der Waals surface area (Å²) in [6.07, 6.45) is 1.55. The molecule has 1 saturated heterocycles. The van der Waals surface area contributed by atoms with Gasteiger partial charge in [-0.2, -0.15) is 4.52 Å². The van der Waals surface area contributed by atoms with E-state index in [1.165, 1.54) is 4.57 Å². The molecule has 3 aromatic heterocycles. The minimum absolute atomic E-state index is 0.0572. The number of aryl methyl sites for hydroxylation is 2. The first kappa shape index (κ1) is 14.6. The highest BCUT2D eigenvalue weighted by atomic mass is 16.1. The Balaban J connectivity index is 1.49. The van der Waals surface area contributed by atoms with Crippen LogP contribution in [0.15, 0.2) is 29.3 Å². The third-order valence-electron chi connectivity index (χ3n) is 4.46.